The second kappa shape index (κ2) is 8.19. The molecule has 0 bridgehead atoms. The number of carbonyl (C=O) groups is 1. The minimum absolute atomic E-state index is 0.114. The normalized spacial score (nSPS) is 25.4. The van der Waals surface area contributed by atoms with Crippen molar-refractivity contribution in [3.8, 4) is 0 Å². The molecule has 1 heterocycles. The van der Waals surface area contributed by atoms with Gasteiger partial charge in [-0.2, -0.15) is 0 Å². The molecular weight excluding hydrogens is 314 g/mol. The molecule has 1 aromatic rings. The summed E-state index contributed by atoms with van der Waals surface area (Å²) in [6.45, 7) is 5.52. The topological polar surface area (TPSA) is 64.6 Å². The summed E-state index contributed by atoms with van der Waals surface area (Å²) < 4.78 is 0. The largest absolute Gasteiger partial charge is 0.390 e. The fourth-order valence-corrected chi connectivity index (χ4v) is 3.95. The number of benzene rings is 1. The fourth-order valence-electron chi connectivity index (χ4n) is 3.95. The molecule has 5 nitrogen and oxygen atoms in total. The van der Waals surface area contributed by atoms with Crippen LogP contribution in [0.25, 0.3) is 0 Å². The van der Waals surface area contributed by atoms with Gasteiger partial charge in [0.25, 0.3) is 0 Å². The molecule has 2 amide bonds. The first kappa shape index (κ1) is 18.2. The summed E-state index contributed by atoms with van der Waals surface area (Å²) in [5.74, 6) is 0.500. The van der Waals surface area contributed by atoms with Gasteiger partial charge in [0.05, 0.1) is 5.60 Å². The molecule has 3 rings (SSSR count). The van der Waals surface area contributed by atoms with Gasteiger partial charge in [-0.15, -0.1) is 0 Å². The summed E-state index contributed by atoms with van der Waals surface area (Å²) in [5.41, 5.74) is 0.821. The molecule has 2 fully saturated rings. The van der Waals surface area contributed by atoms with E-state index in [0.29, 0.717) is 31.5 Å². The maximum absolute atomic E-state index is 11.9. The highest BCUT2D eigenvalue weighted by atomic mass is 16.3. The van der Waals surface area contributed by atoms with E-state index < -0.39 is 5.60 Å². The van der Waals surface area contributed by atoms with Crippen molar-refractivity contribution < 1.29 is 9.90 Å². The molecule has 1 aliphatic carbocycles. The Balaban J connectivity index is 1.34. The van der Waals surface area contributed by atoms with Crippen molar-refractivity contribution in [3.05, 3.63) is 35.9 Å². The zero-order valence-electron chi connectivity index (χ0n) is 15.2. The first-order valence-corrected chi connectivity index (χ1v) is 9.56. The third-order valence-electron chi connectivity index (χ3n) is 5.73. The molecule has 0 radical (unpaired) electrons. The molecule has 25 heavy (non-hydrogen) atoms. The standard InChI is InChI=1S/C20H31N3O2/c1-16-12-18(15-23(16)14-17-6-3-2-4-7-17)13-22-19(24)21-11-10-20(25)8-5-9-20/h2-4,6-7,16,18,25H,5,8-15H2,1H3,(H2,21,22,24)/t16-,18-/m0/s1. The summed E-state index contributed by atoms with van der Waals surface area (Å²) in [6.07, 6.45) is 4.61. The zero-order valence-corrected chi connectivity index (χ0v) is 15.2. The summed E-state index contributed by atoms with van der Waals surface area (Å²) >= 11 is 0. The van der Waals surface area contributed by atoms with E-state index in [1.165, 1.54) is 5.56 Å². The predicted octanol–water partition coefficient (Wildman–Crippen LogP) is 2.50. The van der Waals surface area contributed by atoms with E-state index in [1.807, 2.05) is 6.07 Å². The second-order valence-electron chi connectivity index (χ2n) is 7.83. The fraction of sp³-hybridized carbons (Fsp3) is 0.650. The number of rotatable bonds is 7. The monoisotopic (exact) mass is 345 g/mol. The van der Waals surface area contributed by atoms with Crippen LogP contribution in [0.15, 0.2) is 30.3 Å². The minimum Gasteiger partial charge on any atom is -0.390 e. The Morgan fingerprint density at radius 1 is 1.28 bits per heavy atom. The molecule has 5 heteroatoms. The van der Waals surface area contributed by atoms with Crippen LogP contribution >= 0.6 is 0 Å². The van der Waals surface area contributed by atoms with Crippen molar-refractivity contribution in [1.29, 1.82) is 0 Å². The van der Waals surface area contributed by atoms with Crippen molar-refractivity contribution in [1.82, 2.24) is 15.5 Å². The Hall–Kier alpha value is -1.59. The van der Waals surface area contributed by atoms with Crippen LogP contribution in [0, 0.1) is 5.92 Å². The smallest absolute Gasteiger partial charge is 0.314 e. The quantitative estimate of drug-likeness (QED) is 0.711. The van der Waals surface area contributed by atoms with Gasteiger partial charge in [-0.1, -0.05) is 30.3 Å². The minimum atomic E-state index is -0.522. The van der Waals surface area contributed by atoms with Gasteiger partial charge in [0.1, 0.15) is 0 Å². The van der Waals surface area contributed by atoms with E-state index in [4.69, 9.17) is 0 Å². The van der Waals surface area contributed by atoms with Crippen LogP contribution in [-0.2, 0) is 6.54 Å². The lowest BCUT2D eigenvalue weighted by Gasteiger charge is -2.36. The van der Waals surface area contributed by atoms with Crippen molar-refractivity contribution in [2.24, 2.45) is 5.92 Å². The van der Waals surface area contributed by atoms with E-state index in [1.54, 1.807) is 0 Å². The van der Waals surface area contributed by atoms with E-state index in [0.717, 1.165) is 38.8 Å². The second-order valence-corrected chi connectivity index (χ2v) is 7.83. The maximum atomic E-state index is 11.9. The Bertz CT molecular complexity index is 559. The van der Waals surface area contributed by atoms with Crippen molar-refractivity contribution >= 4 is 6.03 Å². The number of hydrogen-bond donors (Lipinski definition) is 3. The van der Waals surface area contributed by atoms with E-state index in [9.17, 15) is 9.90 Å². The van der Waals surface area contributed by atoms with E-state index >= 15 is 0 Å². The van der Waals surface area contributed by atoms with Gasteiger partial charge in [0.2, 0.25) is 0 Å². The van der Waals surface area contributed by atoms with Crippen molar-refractivity contribution in [2.45, 2.75) is 57.2 Å². The molecule has 1 saturated heterocycles. The van der Waals surface area contributed by atoms with Gasteiger partial charge in [-0.3, -0.25) is 4.90 Å². The van der Waals surface area contributed by atoms with Gasteiger partial charge in [0.15, 0.2) is 0 Å². The molecule has 0 spiro atoms. The molecule has 1 aliphatic heterocycles. The van der Waals surface area contributed by atoms with Crippen LogP contribution in [0.2, 0.25) is 0 Å². The Morgan fingerprint density at radius 3 is 2.72 bits per heavy atom. The highest BCUT2D eigenvalue weighted by Crippen LogP contribution is 2.34. The van der Waals surface area contributed by atoms with E-state index in [-0.39, 0.29) is 6.03 Å². The van der Waals surface area contributed by atoms with Crippen molar-refractivity contribution in [2.75, 3.05) is 19.6 Å². The Morgan fingerprint density at radius 2 is 2.04 bits per heavy atom. The lowest BCUT2D eigenvalue weighted by Crippen LogP contribution is -2.43. The van der Waals surface area contributed by atoms with Gasteiger partial charge >= 0.3 is 6.03 Å². The van der Waals surface area contributed by atoms with Crippen LogP contribution in [0.3, 0.4) is 0 Å². The third kappa shape index (κ3) is 5.19. The number of carbonyl (C=O) groups excluding carboxylic acids is 1. The highest BCUT2D eigenvalue weighted by molar-refractivity contribution is 5.73. The molecule has 138 valence electrons. The number of amides is 2. The molecule has 0 unspecified atom stereocenters. The lowest BCUT2D eigenvalue weighted by atomic mass is 9.78. The molecular formula is C20H31N3O2. The molecule has 2 aliphatic rings. The highest BCUT2D eigenvalue weighted by Gasteiger charge is 2.33. The summed E-state index contributed by atoms with van der Waals surface area (Å²) in [6, 6.07) is 11.0. The van der Waals surface area contributed by atoms with Gasteiger partial charge in [-0.05, 0) is 50.5 Å². The average molecular weight is 345 g/mol. The number of nitrogens with one attached hydrogen (secondary N) is 2. The number of urea groups is 1. The first-order chi connectivity index (χ1) is 12.0. The van der Waals surface area contributed by atoms with Crippen LogP contribution in [0.5, 0.6) is 0 Å². The van der Waals surface area contributed by atoms with Crippen LogP contribution in [0.1, 0.15) is 44.6 Å². The summed E-state index contributed by atoms with van der Waals surface area (Å²) in [5, 5.41) is 15.9. The van der Waals surface area contributed by atoms with Crippen molar-refractivity contribution in [3.63, 3.8) is 0 Å². The van der Waals surface area contributed by atoms with E-state index in [2.05, 4.69) is 46.7 Å². The SMILES string of the molecule is C[C@H]1C[C@@H](CNC(=O)NCCC2(O)CCC2)CN1Cc1ccccc1. The molecule has 2 atom stereocenters. The summed E-state index contributed by atoms with van der Waals surface area (Å²) in [4.78, 5) is 14.4. The predicted molar refractivity (Wildman–Crippen MR) is 99.2 cm³/mol. The number of aliphatic hydroxyl groups is 1. The van der Waals surface area contributed by atoms with Crippen LogP contribution < -0.4 is 10.6 Å². The Kier molecular flexibility index (Phi) is 5.97. The third-order valence-corrected chi connectivity index (χ3v) is 5.73. The first-order valence-electron chi connectivity index (χ1n) is 9.56. The molecule has 1 aromatic carbocycles. The lowest BCUT2D eigenvalue weighted by molar-refractivity contribution is -0.0389. The van der Waals surface area contributed by atoms with Crippen LogP contribution in [0.4, 0.5) is 4.79 Å². The van der Waals surface area contributed by atoms with Crippen LogP contribution in [-0.4, -0.2) is 47.3 Å². The molecule has 3 N–H and O–H groups in total. The average Bonchev–Trinajstić information content (AvgIpc) is 2.92. The molecule has 1 saturated carbocycles. The number of likely N-dealkylation sites (tertiary alicyclic amines) is 1. The summed E-state index contributed by atoms with van der Waals surface area (Å²) in [7, 11) is 0. The van der Waals surface area contributed by atoms with Gasteiger partial charge in [0, 0.05) is 32.2 Å². The maximum Gasteiger partial charge on any atom is 0.314 e. The Labute approximate surface area is 150 Å². The molecule has 0 aromatic heterocycles. The zero-order chi connectivity index (χ0) is 17.7. The van der Waals surface area contributed by atoms with Gasteiger partial charge < -0.3 is 15.7 Å². The number of hydrogen-bond acceptors (Lipinski definition) is 3. The number of nitrogens with zero attached hydrogens (tertiary/aromatic N) is 1. The van der Waals surface area contributed by atoms with Gasteiger partial charge in [-0.25, -0.2) is 4.79 Å².